The number of nitrogen functional groups attached to an aromatic ring is 1. The zero-order valence-corrected chi connectivity index (χ0v) is 13.0. The first-order valence-corrected chi connectivity index (χ1v) is 7.00. The van der Waals surface area contributed by atoms with Gasteiger partial charge >= 0.3 is 0 Å². The number of nitrogens with zero attached hydrogens (tertiary/aromatic N) is 2. The van der Waals surface area contributed by atoms with Gasteiger partial charge in [0.1, 0.15) is 17.5 Å². The molecule has 1 aromatic carbocycles. The third kappa shape index (κ3) is 3.14. The fourth-order valence-electron chi connectivity index (χ4n) is 1.64. The smallest absolute Gasteiger partial charge is 0.139 e. The first-order valence-electron chi connectivity index (χ1n) is 6.24. The minimum absolute atomic E-state index is 0.201. The van der Waals surface area contributed by atoms with E-state index in [0.717, 1.165) is 11.3 Å². The van der Waals surface area contributed by atoms with Gasteiger partial charge in [-0.3, -0.25) is 0 Å². The predicted molar refractivity (Wildman–Crippen MR) is 85.0 cm³/mol. The molecule has 3 N–H and O–H groups in total. The highest BCUT2D eigenvalue weighted by Gasteiger charge is 2.11. The summed E-state index contributed by atoms with van der Waals surface area (Å²) in [7, 11) is 0. The van der Waals surface area contributed by atoms with Crippen molar-refractivity contribution in [2.45, 2.75) is 26.7 Å². The third-order valence-corrected chi connectivity index (χ3v) is 3.64. The molecule has 0 saturated carbocycles. The summed E-state index contributed by atoms with van der Waals surface area (Å²) >= 11 is 11.9. The molecule has 2 rings (SSSR count). The number of halogens is 2. The van der Waals surface area contributed by atoms with E-state index in [1.807, 2.05) is 26.8 Å². The Balaban J connectivity index is 2.39. The van der Waals surface area contributed by atoms with E-state index in [1.54, 1.807) is 12.1 Å². The average molecular weight is 311 g/mol. The molecule has 0 radical (unpaired) electrons. The second kappa shape index (κ2) is 5.85. The van der Waals surface area contributed by atoms with E-state index >= 15 is 0 Å². The number of aromatic nitrogens is 2. The third-order valence-electron chi connectivity index (χ3n) is 2.90. The van der Waals surface area contributed by atoms with E-state index in [2.05, 4.69) is 15.3 Å². The molecule has 6 heteroatoms. The van der Waals surface area contributed by atoms with Crippen LogP contribution in [0.25, 0.3) is 0 Å². The lowest BCUT2D eigenvalue weighted by Gasteiger charge is -2.13. The zero-order chi connectivity index (χ0) is 14.9. The number of anilines is 3. The van der Waals surface area contributed by atoms with Crippen LogP contribution in [0.15, 0.2) is 18.2 Å². The molecule has 0 spiro atoms. The molecule has 0 aliphatic rings. The Bertz CT molecular complexity index is 641. The number of nitrogens with one attached hydrogen (secondary N) is 1. The van der Waals surface area contributed by atoms with E-state index in [0.29, 0.717) is 27.5 Å². The molecule has 0 saturated heterocycles. The molecule has 0 unspecified atom stereocenters. The maximum atomic E-state index is 6.00. The fraction of sp³-hybridized carbons (Fsp3) is 0.286. The lowest BCUT2D eigenvalue weighted by molar-refractivity contribution is 0.776. The summed E-state index contributed by atoms with van der Waals surface area (Å²) in [6.07, 6.45) is 0. The molecule has 4 nitrogen and oxygen atoms in total. The van der Waals surface area contributed by atoms with Crippen LogP contribution in [-0.4, -0.2) is 9.97 Å². The molecule has 0 aliphatic heterocycles. The number of hydrogen-bond donors (Lipinski definition) is 2. The quantitative estimate of drug-likeness (QED) is 0.873. The minimum atomic E-state index is 0.201. The molecule has 0 atom stereocenters. The zero-order valence-electron chi connectivity index (χ0n) is 11.5. The maximum Gasteiger partial charge on any atom is 0.139 e. The molecular weight excluding hydrogens is 295 g/mol. The van der Waals surface area contributed by atoms with E-state index < -0.39 is 0 Å². The Morgan fingerprint density at radius 2 is 1.85 bits per heavy atom. The Morgan fingerprint density at radius 3 is 2.45 bits per heavy atom. The van der Waals surface area contributed by atoms with Crippen LogP contribution >= 0.6 is 23.2 Å². The topological polar surface area (TPSA) is 63.8 Å². The Labute approximate surface area is 128 Å². The van der Waals surface area contributed by atoms with Crippen LogP contribution in [0.1, 0.15) is 31.2 Å². The normalized spacial score (nSPS) is 10.9. The van der Waals surface area contributed by atoms with Crippen molar-refractivity contribution >= 4 is 40.5 Å². The van der Waals surface area contributed by atoms with Crippen LogP contribution in [0.2, 0.25) is 10.0 Å². The molecular formula is C14H16Cl2N4. The van der Waals surface area contributed by atoms with Gasteiger partial charge in [-0.25, -0.2) is 9.97 Å². The summed E-state index contributed by atoms with van der Waals surface area (Å²) in [4.78, 5) is 8.79. The van der Waals surface area contributed by atoms with Crippen molar-refractivity contribution in [1.82, 2.24) is 9.97 Å². The highest BCUT2D eigenvalue weighted by Crippen LogP contribution is 2.28. The van der Waals surface area contributed by atoms with Gasteiger partial charge in [-0.15, -0.1) is 0 Å². The van der Waals surface area contributed by atoms with E-state index in [9.17, 15) is 0 Å². The molecule has 0 amide bonds. The Morgan fingerprint density at radius 1 is 1.15 bits per heavy atom. The van der Waals surface area contributed by atoms with Crippen LogP contribution in [0.5, 0.6) is 0 Å². The van der Waals surface area contributed by atoms with E-state index in [1.165, 1.54) is 0 Å². The standard InChI is InChI=1S/C14H16Cl2N4/c1-7(2)13-19-12(17)8(3)14(20-13)18-9-4-5-10(15)11(16)6-9/h4-7H,1-3H3,(H3,17,18,19,20). The lowest BCUT2D eigenvalue weighted by Crippen LogP contribution is -2.08. The summed E-state index contributed by atoms with van der Waals surface area (Å²) < 4.78 is 0. The summed E-state index contributed by atoms with van der Waals surface area (Å²) in [5.74, 6) is 2.06. The maximum absolute atomic E-state index is 6.00. The highest BCUT2D eigenvalue weighted by molar-refractivity contribution is 6.42. The van der Waals surface area contributed by atoms with Crippen LogP contribution in [0.3, 0.4) is 0 Å². The summed E-state index contributed by atoms with van der Waals surface area (Å²) in [6, 6.07) is 5.31. The van der Waals surface area contributed by atoms with Crippen molar-refractivity contribution < 1.29 is 0 Å². The lowest BCUT2D eigenvalue weighted by atomic mass is 10.2. The molecule has 1 heterocycles. The van der Waals surface area contributed by atoms with Gasteiger partial charge in [-0.1, -0.05) is 37.0 Å². The van der Waals surface area contributed by atoms with Crippen molar-refractivity contribution in [3.05, 3.63) is 39.6 Å². The van der Waals surface area contributed by atoms with Gasteiger partial charge in [-0.2, -0.15) is 0 Å². The molecule has 1 aromatic heterocycles. The van der Waals surface area contributed by atoms with E-state index in [4.69, 9.17) is 28.9 Å². The SMILES string of the molecule is Cc1c(N)nc(C(C)C)nc1Nc1ccc(Cl)c(Cl)c1. The van der Waals surface area contributed by atoms with Gasteiger partial charge in [0, 0.05) is 17.2 Å². The van der Waals surface area contributed by atoms with Crippen LogP contribution in [0, 0.1) is 6.92 Å². The molecule has 2 aromatic rings. The van der Waals surface area contributed by atoms with Crippen molar-refractivity contribution in [3.8, 4) is 0 Å². The van der Waals surface area contributed by atoms with Crippen LogP contribution < -0.4 is 11.1 Å². The number of hydrogen-bond acceptors (Lipinski definition) is 4. The predicted octanol–water partition coefficient (Wildman–Crippen LogP) is 4.54. The second-order valence-corrected chi connectivity index (χ2v) is 5.66. The van der Waals surface area contributed by atoms with E-state index in [-0.39, 0.29) is 5.92 Å². The molecule has 106 valence electrons. The molecule has 0 aliphatic carbocycles. The van der Waals surface area contributed by atoms with Gasteiger partial charge in [0.2, 0.25) is 0 Å². The largest absolute Gasteiger partial charge is 0.383 e. The minimum Gasteiger partial charge on any atom is -0.383 e. The second-order valence-electron chi connectivity index (χ2n) is 4.85. The summed E-state index contributed by atoms with van der Waals surface area (Å²) in [5.41, 5.74) is 7.54. The number of rotatable bonds is 3. The van der Waals surface area contributed by atoms with Crippen LogP contribution in [-0.2, 0) is 0 Å². The summed E-state index contributed by atoms with van der Waals surface area (Å²) in [5, 5.41) is 4.20. The first-order chi connectivity index (χ1) is 9.38. The Hall–Kier alpha value is -1.52. The van der Waals surface area contributed by atoms with Crippen molar-refractivity contribution in [3.63, 3.8) is 0 Å². The average Bonchev–Trinajstić information content (AvgIpc) is 2.38. The highest BCUT2D eigenvalue weighted by atomic mass is 35.5. The molecule has 20 heavy (non-hydrogen) atoms. The van der Waals surface area contributed by atoms with Gasteiger partial charge in [0.25, 0.3) is 0 Å². The van der Waals surface area contributed by atoms with Gasteiger partial charge in [0.15, 0.2) is 0 Å². The van der Waals surface area contributed by atoms with Gasteiger partial charge < -0.3 is 11.1 Å². The van der Waals surface area contributed by atoms with Crippen molar-refractivity contribution in [1.29, 1.82) is 0 Å². The number of benzene rings is 1. The Kier molecular flexibility index (Phi) is 4.35. The van der Waals surface area contributed by atoms with Crippen molar-refractivity contribution in [2.24, 2.45) is 0 Å². The fourth-order valence-corrected chi connectivity index (χ4v) is 1.94. The monoisotopic (exact) mass is 310 g/mol. The molecule has 0 bridgehead atoms. The van der Waals surface area contributed by atoms with Crippen LogP contribution in [0.4, 0.5) is 17.3 Å². The van der Waals surface area contributed by atoms with Crippen molar-refractivity contribution in [2.75, 3.05) is 11.1 Å². The van der Waals surface area contributed by atoms with Gasteiger partial charge in [0.05, 0.1) is 10.0 Å². The first kappa shape index (κ1) is 14.9. The number of nitrogens with two attached hydrogens (primary N) is 1. The molecule has 0 fully saturated rings. The summed E-state index contributed by atoms with van der Waals surface area (Å²) in [6.45, 7) is 5.92. The van der Waals surface area contributed by atoms with Gasteiger partial charge in [-0.05, 0) is 25.1 Å².